The molecule has 0 atom stereocenters. The number of carbonyl (C=O) groups excluding carboxylic acids is 1. The molecule has 2 rings (SSSR count). The number of nitrogens with zero attached hydrogens (tertiary/aromatic N) is 1. The van der Waals surface area contributed by atoms with Crippen LogP contribution in [0.1, 0.15) is 38.1 Å². The molecular weight excluding hydrogens is 260 g/mol. The van der Waals surface area contributed by atoms with E-state index >= 15 is 0 Å². The molecule has 4 nitrogen and oxygen atoms in total. The number of nitrogens with one attached hydrogen (secondary N) is 1. The highest BCUT2D eigenvalue weighted by Gasteiger charge is 2.36. The second-order valence-corrected chi connectivity index (χ2v) is 6.56. The fourth-order valence-electron chi connectivity index (χ4n) is 1.51. The molecule has 2 aromatic rings. The number of hydrogen-bond acceptors (Lipinski definition) is 4. The third-order valence-corrected chi connectivity index (χ3v) is 4.34. The van der Waals surface area contributed by atoms with E-state index in [1.165, 1.54) is 11.3 Å². The van der Waals surface area contributed by atoms with Gasteiger partial charge in [0.15, 0.2) is 0 Å². The first kappa shape index (κ1) is 14.0. The molecule has 0 fully saturated rings. The number of carbonyl (C=O) groups is 1. The van der Waals surface area contributed by atoms with Crippen LogP contribution in [0.5, 0.6) is 0 Å². The van der Waals surface area contributed by atoms with E-state index in [0.717, 1.165) is 10.2 Å². The largest absolute Gasteiger partial charge is 0.388 e. The number of hydrogen-bond donors (Lipinski definition) is 2. The lowest BCUT2D eigenvalue weighted by atomic mass is 9.86. The Bertz CT molecular complexity index is 611. The highest BCUT2D eigenvalue weighted by Crippen LogP contribution is 2.23. The zero-order valence-electron chi connectivity index (χ0n) is 11.5. The van der Waals surface area contributed by atoms with Crippen molar-refractivity contribution >= 4 is 27.5 Å². The second kappa shape index (κ2) is 4.58. The Morgan fingerprint density at radius 2 is 2.00 bits per heavy atom. The van der Waals surface area contributed by atoms with E-state index in [0.29, 0.717) is 5.56 Å². The van der Waals surface area contributed by atoms with Crippen LogP contribution in [-0.2, 0) is 0 Å². The van der Waals surface area contributed by atoms with Crippen molar-refractivity contribution in [3.63, 3.8) is 0 Å². The van der Waals surface area contributed by atoms with Gasteiger partial charge in [0, 0.05) is 5.56 Å². The zero-order chi connectivity index (χ0) is 14.3. The molecule has 0 aliphatic carbocycles. The maximum atomic E-state index is 12.2. The van der Waals surface area contributed by atoms with Crippen LogP contribution in [0.15, 0.2) is 23.7 Å². The predicted octanol–water partition coefficient (Wildman–Crippen LogP) is 2.58. The maximum absolute atomic E-state index is 12.2. The normalized spacial score (nSPS) is 12.7. The summed E-state index contributed by atoms with van der Waals surface area (Å²) in [5.41, 5.74) is 1.51. The first-order chi connectivity index (χ1) is 8.71. The van der Waals surface area contributed by atoms with Gasteiger partial charge in [0.2, 0.25) is 0 Å². The molecule has 1 aromatic heterocycles. The Balaban J connectivity index is 2.24. The van der Waals surface area contributed by atoms with Crippen molar-refractivity contribution in [3.8, 4) is 0 Å². The molecule has 0 radical (unpaired) electrons. The average molecular weight is 278 g/mol. The smallest absolute Gasteiger partial charge is 0.251 e. The third-order valence-electron chi connectivity index (χ3n) is 3.55. The number of benzene rings is 1. The monoisotopic (exact) mass is 278 g/mol. The Hall–Kier alpha value is -1.46. The molecule has 0 bridgehead atoms. The summed E-state index contributed by atoms with van der Waals surface area (Å²) >= 11 is 1.50. The van der Waals surface area contributed by atoms with E-state index < -0.39 is 11.1 Å². The molecule has 0 aliphatic heterocycles. The van der Waals surface area contributed by atoms with Crippen molar-refractivity contribution in [1.82, 2.24) is 10.3 Å². The first-order valence-corrected chi connectivity index (χ1v) is 6.97. The highest BCUT2D eigenvalue weighted by molar-refractivity contribution is 7.16. The topological polar surface area (TPSA) is 62.2 Å². The van der Waals surface area contributed by atoms with Gasteiger partial charge in [-0.05, 0) is 45.9 Å². The second-order valence-electron chi connectivity index (χ2n) is 5.67. The summed E-state index contributed by atoms with van der Waals surface area (Å²) in [6.45, 7) is 6.96. The number of amides is 1. The van der Waals surface area contributed by atoms with Gasteiger partial charge in [0.25, 0.3) is 5.91 Å². The molecular formula is C14H18N2O2S. The number of aromatic nitrogens is 1. The van der Waals surface area contributed by atoms with E-state index in [4.69, 9.17) is 0 Å². The van der Waals surface area contributed by atoms with E-state index in [2.05, 4.69) is 10.3 Å². The van der Waals surface area contributed by atoms with E-state index in [-0.39, 0.29) is 5.91 Å². The highest BCUT2D eigenvalue weighted by atomic mass is 32.1. The van der Waals surface area contributed by atoms with Crippen LogP contribution in [0.2, 0.25) is 0 Å². The van der Waals surface area contributed by atoms with Crippen molar-refractivity contribution in [3.05, 3.63) is 29.3 Å². The number of thiazole rings is 1. The van der Waals surface area contributed by atoms with Crippen LogP contribution in [-0.4, -0.2) is 27.1 Å². The van der Waals surface area contributed by atoms with Crippen LogP contribution in [0, 0.1) is 0 Å². The van der Waals surface area contributed by atoms with Crippen LogP contribution in [0.4, 0.5) is 0 Å². The maximum Gasteiger partial charge on any atom is 0.251 e. The average Bonchev–Trinajstić information content (AvgIpc) is 2.73. The molecule has 0 saturated heterocycles. The van der Waals surface area contributed by atoms with Crippen LogP contribution >= 0.6 is 11.3 Å². The molecule has 0 spiro atoms. The summed E-state index contributed by atoms with van der Waals surface area (Å²) in [6, 6.07) is 5.40. The van der Waals surface area contributed by atoms with Gasteiger partial charge in [-0.3, -0.25) is 4.79 Å². The van der Waals surface area contributed by atoms with Crippen LogP contribution in [0.25, 0.3) is 10.2 Å². The molecule has 0 saturated carbocycles. The molecule has 102 valence electrons. The van der Waals surface area contributed by atoms with Gasteiger partial charge in [-0.15, -0.1) is 11.3 Å². The SMILES string of the molecule is CC(C)(O)C(C)(C)NC(=O)c1ccc2ncsc2c1. The van der Waals surface area contributed by atoms with Gasteiger partial charge in [0.1, 0.15) is 0 Å². The minimum Gasteiger partial charge on any atom is -0.388 e. The number of rotatable bonds is 3. The molecule has 1 aromatic carbocycles. The van der Waals surface area contributed by atoms with E-state index in [9.17, 15) is 9.90 Å². The molecule has 2 N–H and O–H groups in total. The predicted molar refractivity (Wildman–Crippen MR) is 77.5 cm³/mol. The number of aliphatic hydroxyl groups is 1. The van der Waals surface area contributed by atoms with Crippen LogP contribution in [0.3, 0.4) is 0 Å². The molecule has 0 aliphatic rings. The van der Waals surface area contributed by atoms with Gasteiger partial charge in [-0.1, -0.05) is 0 Å². The molecule has 5 heteroatoms. The van der Waals surface area contributed by atoms with Crippen molar-refractivity contribution < 1.29 is 9.90 Å². The Morgan fingerprint density at radius 3 is 2.63 bits per heavy atom. The lowest BCUT2D eigenvalue weighted by molar-refractivity contribution is -0.00292. The van der Waals surface area contributed by atoms with E-state index in [1.807, 2.05) is 12.1 Å². The minimum atomic E-state index is -1.00. The Kier molecular flexibility index (Phi) is 3.36. The lowest BCUT2D eigenvalue weighted by Crippen LogP contribution is -2.57. The van der Waals surface area contributed by atoms with Gasteiger partial charge < -0.3 is 10.4 Å². The first-order valence-electron chi connectivity index (χ1n) is 6.09. The quantitative estimate of drug-likeness (QED) is 0.907. The Morgan fingerprint density at radius 1 is 1.32 bits per heavy atom. The lowest BCUT2D eigenvalue weighted by Gasteiger charge is -2.38. The molecule has 1 heterocycles. The van der Waals surface area contributed by atoms with Gasteiger partial charge in [-0.25, -0.2) is 4.98 Å². The summed E-state index contributed by atoms with van der Waals surface area (Å²) in [5.74, 6) is -0.192. The standard InChI is InChI=1S/C14H18N2O2S/c1-13(2,14(3,4)18)16-12(17)9-5-6-10-11(7-9)19-8-15-10/h5-8,18H,1-4H3,(H,16,17). The van der Waals surface area contributed by atoms with Crippen LogP contribution < -0.4 is 5.32 Å². The molecule has 19 heavy (non-hydrogen) atoms. The summed E-state index contributed by atoms with van der Waals surface area (Å²) in [5, 5.41) is 12.9. The van der Waals surface area contributed by atoms with Crippen molar-refractivity contribution in [2.24, 2.45) is 0 Å². The molecule has 0 unspecified atom stereocenters. The summed E-state index contributed by atoms with van der Waals surface area (Å²) in [7, 11) is 0. The van der Waals surface area contributed by atoms with Crippen molar-refractivity contribution in [2.75, 3.05) is 0 Å². The van der Waals surface area contributed by atoms with Gasteiger partial charge in [0.05, 0.1) is 26.9 Å². The van der Waals surface area contributed by atoms with Crippen molar-refractivity contribution in [2.45, 2.75) is 38.8 Å². The minimum absolute atomic E-state index is 0.192. The van der Waals surface area contributed by atoms with Crippen molar-refractivity contribution in [1.29, 1.82) is 0 Å². The fourth-order valence-corrected chi connectivity index (χ4v) is 2.22. The summed E-state index contributed by atoms with van der Waals surface area (Å²) < 4.78 is 0.980. The van der Waals surface area contributed by atoms with Gasteiger partial charge in [-0.2, -0.15) is 0 Å². The number of fused-ring (bicyclic) bond motifs is 1. The van der Waals surface area contributed by atoms with Gasteiger partial charge >= 0.3 is 0 Å². The molecule has 1 amide bonds. The summed E-state index contributed by atoms with van der Waals surface area (Å²) in [6.07, 6.45) is 0. The zero-order valence-corrected chi connectivity index (χ0v) is 12.3. The van der Waals surface area contributed by atoms with E-state index in [1.54, 1.807) is 39.3 Å². The third kappa shape index (κ3) is 2.77. The Labute approximate surface area is 116 Å². The fraction of sp³-hybridized carbons (Fsp3) is 0.429. The summed E-state index contributed by atoms with van der Waals surface area (Å²) in [4.78, 5) is 16.4.